The normalized spacial score (nSPS) is 11.6. The van der Waals surface area contributed by atoms with Crippen molar-refractivity contribution in [2.75, 3.05) is 12.4 Å². The number of hydrogen-bond acceptors (Lipinski definition) is 2. The first-order valence-corrected chi connectivity index (χ1v) is 10.1. The zero-order valence-electron chi connectivity index (χ0n) is 16.6. The number of carbonyl (C=O) groups is 2. The Morgan fingerprint density at radius 3 is 2.03 bits per heavy atom. The number of nitrogens with one attached hydrogen (secondary N) is 1. The highest BCUT2D eigenvalue weighted by Gasteiger charge is 2.29. The van der Waals surface area contributed by atoms with Crippen LogP contribution in [0.4, 0.5) is 5.69 Å². The van der Waals surface area contributed by atoms with Gasteiger partial charge in [-0.05, 0) is 54.8 Å². The Morgan fingerprint density at radius 2 is 1.45 bits per heavy atom. The van der Waals surface area contributed by atoms with Crippen LogP contribution in [-0.2, 0) is 4.79 Å². The van der Waals surface area contributed by atoms with E-state index in [2.05, 4.69) is 21.2 Å². The molecule has 5 heteroatoms. The molecule has 0 aromatic heterocycles. The van der Waals surface area contributed by atoms with Crippen molar-refractivity contribution in [2.24, 2.45) is 0 Å². The molecule has 3 aromatic rings. The molecule has 0 heterocycles. The molecule has 1 N–H and O–H groups in total. The van der Waals surface area contributed by atoms with Crippen LogP contribution in [0, 0.1) is 13.8 Å². The molecule has 2 amide bonds. The number of hydrogen-bond donors (Lipinski definition) is 1. The molecule has 0 aliphatic heterocycles. The third-order valence-electron chi connectivity index (χ3n) is 4.89. The van der Waals surface area contributed by atoms with E-state index in [0.717, 1.165) is 26.9 Å². The van der Waals surface area contributed by atoms with E-state index in [1.165, 1.54) is 4.90 Å². The molecule has 148 valence electrons. The highest BCUT2D eigenvalue weighted by Crippen LogP contribution is 2.26. The highest BCUT2D eigenvalue weighted by molar-refractivity contribution is 9.10. The van der Waals surface area contributed by atoms with Crippen molar-refractivity contribution < 1.29 is 9.59 Å². The lowest BCUT2D eigenvalue weighted by molar-refractivity contribution is -0.120. The number of anilines is 1. The molecular weight excluding hydrogens is 428 g/mol. The van der Waals surface area contributed by atoms with E-state index >= 15 is 0 Å². The van der Waals surface area contributed by atoms with Crippen molar-refractivity contribution in [1.82, 2.24) is 4.90 Å². The minimum absolute atomic E-state index is 0.219. The van der Waals surface area contributed by atoms with Gasteiger partial charge in [0.25, 0.3) is 11.8 Å². The monoisotopic (exact) mass is 450 g/mol. The van der Waals surface area contributed by atoms with E-state index < -0.39 is 6.04 Å². The van der Waals surface area contributed by atoms with Crippen LogP contribution in [0.15, 0.2) is 77.3 Å². The number of likely N-dealkylation sites (N-methyl/N-ethyl adjacent to an activating group) is 1. The van der Waals surface area contributed by atoms with E-state index in [1.807, 2.05) is 74.5 Å². The molecule has 0 aliphatic rings. The van der Waals surface area contributed by atoms with Crippen molar-refractivity contribution in [1.29, 1.82) is 0 Å². The molecule has 0 aliphatic carbocycles. The quantitative estimate of drug-likeness (QED) is 0.556. The van der Waals surface area contributed by atoms with Crippen LogP contribution in [-0.4, -0.2) is 23.8 Å². The first-order chi connectivity index (χ1) is 13.9. The third-order valence-corrected chi connectivity index (χ3v) is 5.42. The summed E-state index contributed by atoms with van der Waals surface area (Å²) in [6, 6.07) is 21.6. The summed E-state index contributed by atoms with van der Waals surface area (Å²) in [6.07, 6.45) is 0. The van der Waals surface area contributed by atoms with Gasteiger partial charge in [0.05, 0.1) is 0 Å². The van der Waals surface area contributed by atoms with Gasteiger partial charge in [0.15, 0.2) is 0 Å². The number of halogens is 1. The Bertz CT molecular complexity index is 997. The van der Waals surface area contributed by atoms with Gasteiger partial charge in [-0.2, -0.15) is 0 Å². The highest BCUT2D eigenvalue weighted by atomic mass is 79.9. The summed E-state index contributed by atoms with van der Waals surface area (Å²) >= 11 is 3.38. The minimum atomic E-state index is -0.758. The zero-order valence-corrected chi connectivity index (χ0v) is 18.2. The molecule has 0 saturated carbocycles. The number of amides is 2. The molecule has 0 saturated heterocycles. The van der Waals surface area contributed by atoms with Crippen LogP contribution in [0.25, 0.3) is 0 Å². The maximum Gasteiger partial charge on any atom is 0.254 e. The average Bonchev–Trinajstić information content (AvgIpc) is 2.72. The van der Waals surface area contributed by atoms with Crippen LogP contribution in [0.2, 0.25) is 0 Å². The molecule has 0 unspecified atom stereocenters. The van der Waals surface area contributed by atoms with E-state index in [-0.39, 0.29) is 11.8 Å². The fourth-order valence-corrected chi connectivity index (χ4v) is 3.57. The molecule has 29 heavy (non-hydrogen) atoms. The van der Waals surface area contributed by atoms with Gasteiger partial charge in [0.1, 0.15) is 6.04 Å². The van der Waals surface area contributed by atoms with E-state index in [9.17, 15) is 9.59 Å². The molecule has 0 spiro atoms. The molecule has 3 rings (SSSR count). The molecule has 0 radical (unpaired) electrons. The Balaban J connectivity index is 1.95. The molecule has 1 atom stereocenters. The number of nitrogens with zero attached hydrogens (tertiary/aromatic N) is 1. The number of benzene rings is 3. The van der Waals surface area contributed by atoms with Gasteiger partial charge in [0, 0.05) is 22.8 Å². The van der Waals surface area contributed by atoms with Crippen molar-refractivity contribution in [3.05, 3.63) is 99.5 Å². The Labute approximate surface area is 179 Å². The smallest absolute Gasteiger partial charge is 0.254 e. The molecular formula is C24H23BrN2O2. The maximum atomic E-state index is 13.3. The maximum absolute atomic E-state index is 13.3. The summed E-state index contributed by atoms with van der Waals surface area (Å²) in [7, 11) is 1.66. The predicted octanol–water partition coefficient (Wildman–Crippen LogP) is 5.52. The first-order valence-electron chi connectivity index (χ1n) is 9.33. The van der Waals surface area contributed by atoms with E-state index in [0.29, 0.717) is 5.56 Å². The predicted molar refractivity (Wildman–Crippen MR) is 120 cm³/mol. The summed E-state index contributed by atoms with van der Waals surface area (Å²) in [5.74, 6) is -0.468. The average molecular weight is 451 g/mol. The number of aryl methyl sites for hydroxylation is 2. The standard InChI is InChI=1S/C24H23BrN2O2/c1-16-8-7-9-17(2)21(16)26-23(28)22(18-10-5-4-6-11-18)27(3)24(29)19-12-14-20(25)15-13-19/h4-15,22H,1-3H3,(H,26,28)/t22-/m1/s1. The summed E-state index contributed by atoms with van der Waals surface area (Å²) in [5.41, 5.74) is 4.02. The van der Waals surface area contributed by atoms with Gasteiger partial charge in [-0.3, -0.25) is 9.59 Å². The van der Waals surface area contributed by atoms with Crippen LogP contribution < -0.4 is 5.32 Å². The molecule has 3 aromatic carbocycles. The summed E-state index contributed by atoms with van der Waals surface area (Å²) in [5, 5.41) is 3.03. The van der Waals surface area contributed by atoms with Gasteiger partial charge < -0.3 is 10.2 Å². The fraction of sp³-hybridized carbons (Fsp3) is 0.167. The van der Waals surface area contributed by atoms with Gasteiger partial charge in [0.2, 0.25) is 0 Å². The molecule has 0 bridgehead atoms. The second-order valence-electron chi connectivity index (χ2n) is 6.99. The van der Waals surface area contributed by atoms with Crippen LogP contribution in [0.3, 0.4) is 0 Å². The lowest BCUT2D eigenvalue weighted by Crippen LogP contribution is -2.38. The van der Waals surface area contributed by atoms with Gasteiger partial charge >= 0.3 is 0 Å². The van der Waals surface area contributed by atoms with Crippen molar-refractivity contribution in [2.45, 2.75) is 19.9 Å². The third kappa shape index (κ3) is 4.74. The van der Waals surface area contributed by atoms with Crippen molar-refractivity contribution in [3.63, 3.8) is 0 Å². The Hall–Kier alpha value is -2.92. The van der Waals surface area contributed by atoms with Crippen LogP contribution in [0.5, 0.6) is 0 Å². The molecule has 0 fully saturated rings. The van der Waals surface area contributed by atoms with Gasteiger partial charge in [-0.1, -0.05) is 64.5 Å². The van der Waals surface area contributed by atoms with Crippen LogP contribution >= 0.6 is 15.9 Å². The minimum Gasteiger partial charge on any atom is -0.326 e. The van der Waals surface area contributed by atoms with Gasteiger partial charge in [-0.25, -0.2) is 0 Å². The number of rotatable bonds is 5. The Morgan fingerprint density at radius 1 is 0.862 bits per heavy atom. The summed E-state index contributed by atoms with van der Waals surface area (Å²) in [4.78, 5) is 27.9. The summed E-state index contributed by atoms with van der Waals surface area (Å²) in [6.45, 7) is 3.91. The van der Waals surface area contributed by atoms with Crippen LogP contribution in [0.1, 0.15) is 33.1 Å². The second-order valence-corrected chi connectivity index (χ2v) is 7.91. The van der Waals surface area contributed by atoms with Crippen molar-refractivity contribution >= 4 is 33.4 Å². The Kier molecular flexibility index (Phi) is 6.49. The van der Waals surface area contributed by atoms with Gasteiger partial charge in [-0.15, -0.1) is 0 Å². The molecule has 4 nitrogen and oxygen atoms in total. The van der Waals surface area contributed by atoms with E-state index in [4.69, 9.17) is 0 Å². The summed E-state index contributed by atoms with van der Waals surface area (Å²) < 4.78 is 0.893. The van der Waals surface area contributed by atoms with E-state index in [1.54, 1.807) is 19.2 Å². The fourth-order valence-electron chi connectivity index (χ4n) is 3.30. The lowest BCUT2D eigenvalue weighted by Gasteiger charge is -2.28. The number of para-hydroxylation sites is 1. The largest absolute Gasteiger partial charge is 0.326 e. The van der Waals surface area contributed by atoms with Crippen molar-refractivity contribution in [3.8, 4) is 0 Å². The zero-order chi connectivity index (χ0) is 21.0. The second kappa shape index (κ2) is 9.05. The number of carbonyl (C=O) groups excluding carboxylic acids is 2. The first kappa shape index (κ1) is 20.8. The topological polar surface area (TPSA) is 49.4 Å². The lowest BCUT2D eigenvalue weighted by atomic mass is 10.0. The SMILES string of the molecule is Cc1cccc(C)c1NC(=O)[C@@H](c1ccccc1)N(C)C(=O)c1ccc(Br)cc1.